The number of phenols is 2. The van der Waals surface area contributed by atoms with Crippen LogP contribution in [-0.2, 0) is 6.42 Å². The van der Waals surface area contributed by atoms with Gasteiger partial charge in [0.2, 0.25) is 0 Å². The molecule has 4 nitrogen and oxygen atoms in total. The number of aromatic hydroxyl groups is 2. The van der Waals surface area contributed by atoms with E-state index in [2.05, 4.69) is 17.4 Å². The molecule has 0 aliphatic carbocycles. The highest BCUT2D eigenvalue weighted by atomic mass is 32.2. The smallest absolute Gasteiger partial charge is 0.119 e. The Balaban J connectivity index is 1.85. The minimum Gasteiger partial charge on any atom is -0.508 e. The first-order chi connectivity index (χ1) is 10.2. The Kier molecular flexibility index (Phi) is 5.92. The van der Waals surface area contributed by atoms with Crippen LogP contribution in [0.5, 0.6) is 11.5 Å². The molecule has 0 amide bonds. The lowest BCUT2D eigenvalue weighted by Gasteiger charge is -2.15. The summed E-state index contributed by atoms with van der Waals surface area (Å²) in [6.45, 7) is 1.35. The van der Waals surface area contributed by atoms with Crippen molar-refractivity contribution in [1.29, 1.82) is 0 Å². The van der Waals surface area contributed by atoms with Gasteiger partial charge in [0.15, 0.2) is 0 Å². The summed E-state index contributed by atoms with van der Waals surface area (Å²) < 4.78 is 9.39. The molecule has 0 fully saturated rings. The first-order valence-corrected chi connectivity index (χ1v) is 7.60. The zero-order chi connectivity index (χ0) is 15.1. The van der Waals surface area contributed by atoms with Gasteiger partial charge < -0.3 is 20.1 Å². The molecule has 2 aromatic carbocycles. The molecule has 2 rings (SSSR count). The second-order valence-corrected chi connectivity index (χ2v) is 5.60. The van der Waals surface area contributed by atoms with E-state index < -0.39 is 0 Å². The molecular weight excluding hydrogens is 286 g/mol. The third kappa shape index (κ3) is 4.97. The van der Waals surface area contributed by atoms with Gasteiger partial charge in [0.05, 0.1) is 5.25 Å². The maximum Gasteiger partial charge on any atom is 0.119 e. The lowest BCUT2D eigenvalue weighted by atomic mass is 10.1. The van der Waals surface area contributed by atoms with Crippen LogP contribution < -0.4 is 5.32 Å². The van der Waals surface area contributed by atoms with E-state index >= 15 is 0 Å². The van der Waals surface area contributed by atoms with E-state index in [1.165, 1.54) is 11.6 Å². The number of rotatable bonds is 7. The molecule has 0 heterocycles. The lowest BCUT2D eigenvalue weighted by molar-refractivity contribution is 0.449. The van der Waals surface area contributed by atoms with Crippen LogP contribution >= 0.6 is 12.0 Å². The second-order valence-electron chi connectivity index (χ2n) is 4.82. The summed E-state index contributed by atoms with van der Waals surface area (Å²) in [5.41, 5.74) is 1.94. The number of nitrogens with one attached hydrogen (secondary N) is 1. The van der Waals surface area contributed by atoms with Gasteiger partial charge in [0, 0.05) is 12.6 Å². The van der Waals surface area contributed by atoms with Gasteiger partial charge in [0.25, 0.3) is 0 Å². The second kappa shape index (κ2) is 7.93. The average Bonchev–Trinajstić information content (AvgIpc) is 2.47. The summed E-state index contributed by atoms with van der Waals surface area (Å²) in [6, 6.07) is 14.5. The molecule has 1 unspecified atom stereocenters. The molecular formula is C16H19NO3S. The standard InChI is InChI=1S/C16H19NO3S/c18-14-8-13(9-15(19)10-14)16(21-20)11-17-7-6-12-4-2-1-3-5-12/h1-5,8-10,16-20H,6-7,11H2. The molecule has 1 atom stereocenters. The van der Waals surface area contributed by atoms with Crippen LogP contribution in [0.1, 0.15) is 16.4 Å². The van der Waals surface area contributed by atoms with Crippen molar-refractivity contribution < 1.29 is 14.8 Å². The first kappa shape index (κ1) is 15.7. The number of phenolic OH excluding ortho intramolecular Hbond substituents is 2. The fourth-order valence-electron chi connectivity index (χ4n) is 2.13. The minimum absolute atomic E-state index is 0.00617. The van der Waals surface area contributed by atoms with Crippen LogP contribution in [0, 0.1) is 0 Å². The number of hydrogen-bond donors (Lipinski definition) is 4. The molecule has 5 heteroatoms. The zero-order valence-electron chi connectivity index (χ0n) is 11.6. The molecule has 21 heavy (non-hydrogen) atoms. The SMILES string of the molecule is OSC(CNCCc1ccccc1)c1cc(O)cc(O)c1. The molecule has 0 bridgehead atoms. The lowest BCUT2D eigenvalue weighted by Crippen LogP contribution is -2.22. The highest BCUT2D eigenvalue weighted by Gasteiger charge is 2.13. The van der Waals surface area contributed by atoms with Crippen molar-refractivity contribution in [3.05, 3.63) is 59.7 Å². The van der Waals surface area contributed by atoms with Gasteiger partial charge in [-0.3, -0.25) is 0 Å². The van der Waals surface area contributed by atoms with Gasteiger partial charge >= 0.3 is 0 Å². The van der Waals surface area contributed by atoms with Crippen molar-refractivity contribution in [2.24, 2.45) is 0 Å². The van der Waals surface area contributed by atoms with Gasteiger partial charge in [-0.2, -0.15) is 0 Å². The molecule has 2 aromatic rings. The molecule has 0 saturated carbocycles. The molecule has 0 saturated heterocycles. The fraction of sp³-hybridized carbons (Fsp3) is 0.250. The highest BCUT2D eigenvalue weighted by Crippen LogP contribution is 2.31. The average molecular weight is 305 g/mol. The van der Waals surface area contributed by atoms with E-state index in [-0.39, 0.29) is 16.7 Å². The van der Waals surface area contributed by atoms with Crippen LogP contribution in [0.2, 0.25) is 0 Å². The third-order valence-electron chi connectivity index (χ3n) is 3.19. The molecule has 0 aromatic heterocycles. The molecule has 0 aliphatic heterocycles. The summed E-state index contributed by atoms with van der Waals surface area (Å²) in [5, 5.41) is 22.0. The van der Waals surface area contributed by atoms with Gasteiger partial charge in [-0.25, -0.2) is 0 Å². The van der Waals surface area contributed by atoms with Crippen LogP contribution in [0.4, 0.5) is 0 Å². The van der Waals surface area contributed by atoms with Crippen molar-refractivity contribution in [2.75, 3.05) is 13.1 Å². The quantitative estimate of drug-likeness (QED) is 0.467. The van der Waals surface area contributed by atoms with Gasteiger partial charge in [0.1, 0.15) is 11.5 Å². The molecule has 0 aliphatic rings. The van der Waals surface area contributed by atoms with Crippen molar-refractivity contribution >= 4 is 12.0 Å². The van der Waals surface area contributed by atoms with E-state index in [0.717, 1.165) is 13.0 Å². The largest absolute Gasteiger partial charge is 0.508 e. The van der Waals surface area contributed by atoms with Crippen LogP contribution in [0.3, 0.4) is 0 Å². The van der Waals surface area contributed by atoms with Crippen molar-refractivity contribution in [2.45, 2.75) is 11.7 Å². The van der Waals surface area contributed by atoms with Gasteiger partial charge in [-0.15, -0.1) is 0 Å². The maximum atomic E-state index is 9.49. The molecule has 0 spiro atoms. The van der Waals surface area contributed by atoms with Crippen molar-refractivity contribution in [3.8, 4) is 11.5 Å². The number of benzene rings is 2. The number of hydrogen-bond acceptors (Lipinski definition) is 5. The Morgan fingerprint density at radius 2 is 1.67 bits per heavy atom. The van der Waals surface area contributed by atoms with Crippen LogP contribution in [0.15, 0.2) is 48.5 Å². The Labute approximate surface area is 128 Å². The van der Waals surface area contributed by atoms with E-state index in [4.69, 9.17) is 0 Å². The van der Waals surface area contributed by atoms with E-state index in [1.54, 1.807) is 12.1 Å². The maximum absolute atomic E-state index is 9.49. The highest BCUT2D eigenvalue weighted by molar-refractivity contribution is 7.94. The Morgan fingerprint density at radius 1 is 1.00 bits per heavy atom. The Morgan fingerprint density at radius 3 is 2.29 bits per heavy atom. The first-order valence-electron chi connectivity index (χ1n) is 6.77. The fourth-order valence-corrected chi connectivity index (χ4v) is 2.58. The van der Waals surface area contributed by atoms with Gasteiger partial charge in [-0.1, -0.05) is 30.3 Å². The van der Waals surface area contributed by atoms with E-state index in [0.29, 0.717) is 24.2 Å². The van der Waals surface area contributed by atoms with Crippen LogP contribution in [-0.4, -0.2) is 27.9 Å². The third-order valence-corrected chi connectivity index (χ3v) is 3.88. The minimum atomic E-state index is -0.237. The van der Waals surface area contributed by atoms with E-state index in [1.807, 2.05) is 18.2 Å². The predicted octanol–water partition coefficient (Wildman–Crippen LogP) is 3.18. The van der Waals surface area contributed by atoms with Crippen molar-refractivity contribution in [3.63, 3.8) is 0 Å². The molecule has 4 N–H and O–H groups in total. The summed E-state index contributed by atoms with van der Waals surface area (Å²) in [6.07, 6.45) is 0.912. The van der Waals surface area contributed by atoms with Gasteiger partial charge in [-0.05, 0) is 48.3 Å². The topological polar surface area (TPSA) is 72.7 Å². The summed E-state index contributed by atoms with van der Waals surface area (Å²) in [5.74, 6) is -0.0123. The monoisotopic (exact) mass is 305 g/mol. The van der Waals surface area contributed by atoms with Crippen LogP contribution in [0.25, 0.3) is 0 Å². The Hall–Kier alpha value is -1.69. The predicted molar refractivity (Wildman–Crippen MR) is 85.7 cm³/mol. The summed E-state index contributed by atoms with van der Waals surface area (Å²) in [4.78, 5) is 0. The molecule has 112 valence electrons. The van der Waals surface area contributed by atoms with Crippen molar-refractivity contribution in [1.82, 2.24) is 5.32 Å². The summed E-state index contributed by atoms with van der Waals surface area (Å²) in [7, 11) is 0. The normalized spacial score (nSPS) is 12.2. The summed E-state index contributed by atoms with van der Waals surface area (Å²) >= 11 is 0.702. The van der Waals surface area contributed by atoms with E-state index in [9.17, 15) is 14.8 Å². The zero-order valence-corrected chi connectivity index (χ0v) is 12.4. The Bertz CT molecular complexity index is 542. The molecule has 0 radical (unpaired) electrons.